The number of nitrogens with zero attached hydrogens (tertiary/aromatic N) is 1. The molecule has 4 heteroatoms. The Morgan fingerprint density at radius 2 is 1.84 bits per heavy atom. The molecule has 1 heterocycles. The monoisotopic (exact) mass is 288 g/mol. The van der Waals surface area contributed by atoms with Crippen LogP contribution in [0.15, 0.2) is 0 Å². The van der Waals surface area contributed by atoms with Crippen LogP contribution >= 0.6 is 12.8 Å². The zero-order chi connectivity index (χ0) is 13.8. The summed E-state index contributed by atoms with van der Waals surface area (Å²) in [4.78, 5) is 2.56. The second kappa shape index (κ2) is 12.0. The smallest absolute Gasteiger partial charge is 0.0466 e. The first kappa shape index (κ1) is 17.3. The van der Waals surface area contributed by atoms with Gasteiger partial charge in [-0.05, 0) is 70.5 Å². The number of hydrogen-bond acceptors (Lipinski definition) is 4. The van der Waals surface area contributed by atoms with Gasteiger partial charge in [0.05, 0.1) is 0 Å². The summed E-state index contributed by atoms with van der Waals surface area (Å²) in [6.07, 6.45) is 9.02. The number of thiol groups is 1. The van der Waals surface area contributed by atoms with Crippen LogP contribution in [-0.4, -0.2) is 44.3 Å². The molecule has 114 valence electrons. The summed E-state index contributed by atoms with van der Waals surface area (Å²) < 4.78 is 8.57. The SMILES string of the molecule is CCN1CCC(CCCOCCCCCNS)CC1. The van der Waals surface area contributed by atoms with E-state index in [1.807, 2.05) is 0 Å². The summed E-state index contributed by atoms with van der Waals surface area (Å²) in [6, 6.07) is 0. The Kier molecular flexibility index (Phi) is 10.9. The van der Waals surface area contributed by atoms with Crippen molar-refractivity contribution in [1.29, 1.82) is 0 Å². The Morgan fingerprint density at radius 1 is 1.11 bits per heavy atom. The van der Waals surface area contributed by atoms with Crippen LogP contribution in [0.1, 0.15) is 51.9 Å². The van der Waals surface area contributed by atoms with Crippen LogP contribution in [0.5, 0.6) is 0 Å². The van der Waals surface area contributed by atoms with E-state index in [4.69, 9.17) is 4.74 Å². The quantitative estimate of drug-likeness (QED) is 0.451. The first-order chi connectivity index (χ1) is 9.36. The minimum Gasteiger partial charge on any atom is -0.381 e. The third-order valence-electron chi connectivity index (χ3n) is 4.13. The fourth-order valence-electron chi connectivity index (χ4n) is 2.75. The highest BCUT2D eigenvalue weighted by Gasteiger charge is 2.17. The van der Waals surface area contributed by atoms with Gasteiger partial charge in [0.2, 0.25) is 0 Å². The van der Waals surface area contributed by atoms with Crippen molar-refractivity contribution >= 4 is 12.8 Å². The van der Waals surface area contributed by atoms with Gasteiger partial charge in [-0.3, -0.25) is 4.72 Å². The van der Waals surface area contributed by atoms with Gasteiger partial charge in [0.15, 0.2) is 0 Å². The van der Waals surface area contributed by atoms with Crippen molar-refractivity contribution in [3.8, 4) is 0 Å². The van der Waals surface area contributed by atoms with Gasteiger partial charge in [0.1, 0.15) is 0 Å². The van der Waals surface area contributed by atoms with Crippen LogP contribution in [0.2, 0.25) is 0 Å². The van der Waals surface area contributed by atoms with Gasteiger partial charge in [-0.2, -0.15) is 0 Å². The zero-order valence-electron chi connectivity index (χ0n) is 12.6. The third-order valence-corrected chi connectivity index (χ3v) is 4.36. The summed E-state index contributed by atoms with van der Waals surface area (Å²) in [5, 5.41) is 0. The predicted molar refractivity (Wildman–Crippen MR) is 85.7 cm³/mol. The Morgan fingerprint density at radius 3 is 2.53 bits per heavy atom. The normalized spacial score (nSPS) is 18.0. The summed E-state index contributed by atoms with van der Waals surface area (Å²) in [6.45, 7) is 8.99. The Hall–Kier alpha value is 0.230. The number of ether oxygens (including phenoxy) is 1. The number of hydrogen-bond donors (Lipinski definition) is 2. The highest BCUT2D eigenvalue weighted by atomic mass is 32.1. The molecule has 0 aliphatic carbocycles. The number of likely N-dealkylation sites (tertiary alicyclic amines) is 1. The average Bonchev–Trinajstić information content (AvgIpc) is 2.46. The van der Waals surface area contributed by atoms with Crippen molar-refractivity contribution in [2.75, 3.05) is 39.4 Å². The van der Waals surface area contributed by atoms with Crippen molar-refractivity contribution in [3.05, 3.63) is 0 Å². The van der Waals surface area contributed by atoms with Crippen LogP contribution in [0.3, 0.4) is 0 Å². The molecule has 0 saturated carbocycles. The van der Waals surface area contributed by atoms with Crippen molar-refractivity contribution in [3.63, 3.8) is 0 Å². The molecule has 1 rings (SSSR count). The molecule has 0 unspecified atom stereocenters. The topological polar surface area (TPSA) is 24.5 Å². The summed E-state index contributed by atoms with van der Waals surface area (Å²) in [5.41, 5.74) is 0. The molecule has 0 spiro atoms. The standard InChI is InChI=1S/C15H32N2OS/c1-2-17-11-8-15(9-12-17)7-6-14-18-13-5-3-4-10-16-19/h15-16,19H,2-14H2,1H3. The summed E-state index contributed by atoms with van der Waals surface area (Å²) >= 11 is 3.97. The van der Waals surface area contributed by atoms with E-state index in [1.54, 1.807) is 0 Å². The number of piperidine rings is 1. The molecule has 0 atom stereocenters. The van der Waals surface area contributed by atoms with Crippen LogP contribution in [0.4, 0.5) is 0 Å². The Labute approximate surface area is 125 Å². The van der Waals surface area contributed by atoms with E-state index in [1.165, 1.54) is 64.6 Å². The van der Waals surface area contributed by atoms with Gasteiger partial charge in [0.25, 0.3) is 0 Å². The Balaban J connectivity index is 1.81. The molecule has 0 aromatic heterocycles. The molecule has 0 aromatic carbocycles. The fraction of sp³-hybridized carbons (Fsp3) is 1.00. The number of rotatable bonds is 11. The van der Waals surface area contributed by atoms with Crippen molar-refractivity contribution in [2.24, 2.45) is 5.92 Å². The van der Waals surface area contributed by atoms with Crippen LogP contribution in [0.25, 0.3) is 0 Å². The van der Waals surface area contributed by atoms with E-state index in [0.717, 1.165) is 25.7 Å². The Bertz CT molecular complexity index is 197. The molecule has 19 heavy (non-hydrogen) atoms. The maximum Gasteiger partial charge on any atom is 0.0466 e. The lowest BCUT2D eigenvalue weighted by Crippen LogP contribution is -2.33. The molecule has 0 amide bonds. The highest BCUT2D eigenvalue weighted by molar-refractivity contribution is 7.78. The van der Waals surface area contributed by atoms with Crippen molar-refractivity contribution in [2.45, 2.75) is 51.9 Å². The molecule has 1 N–H and O–H groups in total. The zero-order valence-corrected chi connectivity index (χ0v) is 13.5. The lowest BCUT2D eigenvalue weighted by molar-refractivity contribution is 0.116. The second-order valence-electron chi connectivity index (χ2n) is 5.60. The molecule has 3 nitrogen and oxygen atoms in total. The lowest BCUT2D eigenvalue weighted by atomic mass is 9.92. The molecular weight excluding hydrogens is 256 g/mol. The lowest BCUT2D eigenvalue weighted by Gasteiger charge is -2.30. The minimum absolute atomic E-state index is 0.931. The number of unbranched alkanes of at least 4 members (excludes halogenated alkanes) is 2. The van der Waals surface area contributed by atoms with Crippen molar-refractivity contribution in [1.82, 2.24) is 9.62 Å². The molecule has 0 aromatic rings. The van der Waals surface area contributed by atoms with Gasteiger partial charge in [-0.1, -0.05) is 19.7 Å². The van der Waals surface area contributed by atoms with Gasteiger partial charge >= 0.3 is 0 Å². The van der Waals surface area contributed by atoms with Gasteiger partial charge < -0.3 is 9.64 Å². The average molecular weight is 289 g/mol. The van der Waals surface area contributed by atoms with Crippen LogP contribution < -0.4 is 4.72 Å². The molecule has 1 aliphatic rings. The first-order valence-corrected chi connectivity index (χ1v) is 8.48. The molecule has 1 saturated heterocycles. The maximum atomic E-state index is 5.70. The van der Waals surface area contributed by atoms with E-state index >= 15 is 0 Å². The van der Waals surface area contributed by atoms with E-state index < -0.39 is 0 Å². The van der Waals surface area contributed by atoms with E-state index in [0.29, 0.717) is 0 Å². The number of nitrogens with one attached hydrogen (secondary N) is 1. The van der Waals surface area contributed by atoms with Gasteiger partial charge in [-0.15, -0.1) is 0 Å². The molecule has 0 bridgehead atoms. The first-order valence-electron chi connectivity index (χ1n) is 8.04. The molecule has 1 aliphatic heterocycles. The largest absolute Gasteiger partial charge is 0.381 e. The van der Waals surface area contributed by atoms with Crippen molar-refractivity contribution < 1.29 is 4.74 Å². The highest BCUT2D eigenvalue weighted by Crippen LogP contribution is 2.21. The molecule has 0 radical (unpaired) electrons. The summed E-state index contributed by atoms with van der Waals surface area (Å²) in [5.74, 6) is 0.952. The van der Waals surface area contributed by atoms with Gasteiger partial charge in [0, 0.05) is 19.8 Å². The van der Waals surface area contributed by atoms with Crippen LogP contribution in [-0.2, 0) is 4.74 Å². The second-order valence-corrected chi connectivity index (χ2v) is 5.92. The fourth-order valence-corrected chi connectivity index (χ4v) is 2.91. The van der Waals surface area contributed by atoms with Gasteiger partial charge in [-0.25, -0.2) is 0 Å². The van der Waals surface area contributed by atoms with E-state index in [-0.39, 0.29) is 0 Å². The maximum absolute atomic E-state index is 5.70. The van der Waals surface area contributed by atoms with E-state index in [9.17, 15) is 0 Å². The minimum atomic E-state index is 0.931. The molecular formula is C15H32N2OS. The third kappa shape index (κ3) is 8.90. The summed E-state index contributed by atoms with van der Waals surface area (Å²) in [7, 11) is 0. The van der Waals surface area contributed by atoms with E-state index in [2.05, 4.69) is 29.4 Å². The van der Waals surface area contributed by atoms with Crippen LogP contribution in [0, 0.1) is 5.92 Å². The predicted octanol–water partition coefficient (Wildman–Crippen LogP) is 3.12. The molecule has 1 fully saturated rings.